The van der Waals surface area contributed by atoms with Crippen molar-refractivity contribution in [2.45, 2.75) is 13.3 Å². The standard InChI is InChI=1S/C11H11ClO4/c1-6(11(13)14)4-7-2-3-8-10(9(7)12)16-5-15-8/h2-3,6H,4-5H2,1H3,(H,13,14). The lowest BCUT2D eigenvalue weighted by Gasteiger charge is -2.09. The van der Waals surface area contributed by atoms with Crippen LogP contribution in [0, 0.1) is 5.92 Å². The lowest BCUT2D eigenvalue weighted by molar-refractivity contribution is -0.141. The second kappa shape index (κ2) is 4.22. The van der Waals surface area contributed by atoms with Gasteiger partial charge in [-0.3, -0.25) is 4.79 Å². The number of ether oxygens (including phenoxy) is 2. The lowest BCUT2D eigenvalue weighted by atomic mass is 10.0. The number of hydrogen-bond donors (Lipinski definition) is 1. The molecule has 0 spiro atoms. The molecule has 0 bridgehead atoms. The van der Waals surface area contributed by atoms with Crippen LogP contribution >= 0.6 is 11.6 Å². The zero-order valence-corrected chi connectivity index (χ0v) is 9.45. The van der Waals surface area contributed by atoms with Crippen LogP contribution in [0.3, 0.4) is 0 Å². The van der Waals surface area contributed by atoms with Crippen molar-refractivity contribution in [1.29, 1.82) is 0 Å². The molecule has 1 N–H and O–H groups in total. The molecule has 2 rings (SSSR count). The highest BCUT2D eigenvalue weighted by Gasteiger charge is 2.21. The van der Waals surface area contributed by atoms with Gasteiger partial charge in [-0.25, -0.2) is 0 Å². The van der Waals surface area contributed by atoms with E-state index >= 15 is 0 Å². The first kappa shape index (κ1) is 11.1. The number of carboxylic acids is 1. The molecule has 86 valence electrons. The Balaban J connectivity index is 2.26. The largest absolute Gasteiger partial charge is 0.481 e. The fourth-order valence-electron chi connectivity index (χ4n) is 1.55. The summed E-state index contributed by atoms with van der Waals surface area (Å²) in [6.45, 7) is 1.80. The van der Waals surface area contributed by atoms with E-state index in [1.807, 2.05) is 0 Å². The SMILES string of the molecule is CC(Cc1ccc2c(c1Cl)OCO2)C(=O)O. The van der Waals surface area contributed by atoms with Gasteiger partial charge in [-0.05, 0) is 18.1 Å². The van der Waals surface area contributed by atoms with Crippen molar-refractivity contribution in [3.8, 4) is 11.5 Å². The first-order chi connectivity index (χ1) is 7.59. The predicted molar refractivity (Wildman–Crippen MR) is 58.1 cm³/mol. The van der Waals surface area contributed by atoms with E-state index in [0.717, 1.165) is 5.56 Å². The molecule has 0 amide bonds. The van der Waals surface area contributed by atoms with E-state index in [-0.39, 0.29) is 6.79 Å². The second-order valence-corrected chi connectivity index (χ2v) is 4.09. The molecular formula is C11H11ClO4. The van der Waals surface area contributed by atoms with Gasteiger partial charge in [0.15, 0.2) is 11.5 Å². The molecule has 1 atom stereocenters. The quantitative estimate of drug-likeness (QED) is 0.884. The molecule has 1 heterocycles. The van der Waals surface area contributed by atoms with Crippen LogP contribution in [-0.2, 0) is 11.2 Å². The topological polar surface area (TPSA) is 55.8 Å². The van der Waals surface area contributed by atoms with E-state index in [9.17, 15) is 4.79 Å². The van der Waals surface area contributed by atoms with Crippen LogP contribution in [0.5, 0.6) is 11.5 Å². The molecule has 0 saturated heterocycles. The van der Waals surface area contributed by atoms with Gasteiger partial charge in [-0.1, -0.05) is 24.6 Å². The third-order valence-corrected chi connectivity index (χ3v) is 2.92. The molecular weight excluding hydrogens is 232 g/mol. The monoisotopic (exact) mass is 242 g/mol. The molecule has 1 unspecified atom stereocenters. The van der Waals surface area contributed by atoms with Gasteiger partial charge < -0.3 is 14.6 Å². The molecule has 1 aromatic rings. The molecule has 0 saturated carbocycles. The van der Waals surface area contributed by atoms with Crippen LogP contribution in [0.25, 0.3) is 0 Å². The number of carboxylic acid groups (broad SMARTS) is 1. The highest BCUT2D eigenvalue weighted by atomic mass is 35.5. The molecule has 0 aliphatic carbocycles. The maximum Gasteiger partial charge on any atom is 0.306 e. The van der Waals surface area contributed by atoms with Crippen molar-refractivity contribution in [2.75, 3.05) is 6.79 Å². The highest BCUT2D eigenvalue weighted by Crippen LogP contribution is 2.41. The summed E-state index contributed by atoms with van der Waals surface area (Å²) in [5.41, 5.74) is 0.765. The summed E-state index contributed by atoms with van der Waals surface area (Å²) in [7, 11) is 0. The first-order valence-corrected chi connectivity index (χ1v) is 5.27. The van der Waals surface area contributed by atoms with Crippen LogP contribution in [0.1, 0.15) is 12.5 Å². The second-order valence-electron chi connectivity index (χ2n) is 3.72. The van der Waals surface area contributed by atoms with Gasteiger partial charge in [-0.2, -0.15) is 0 Å². The number of rotatable bonds is 3. The van der Waals surface area contributed by atoms with Gasteiger partial charge in [0.25, 0.3) is 0 Å². The molecule has 5 heteroatoms. The molecule has 0 radical (unpaired) electrons. The van der Waals surface area contributed by atoms with Crippen molar-refractivity contribution < 1.29 is 19.4 Å². The third-order valence-electron chi connectivity index (χ3n) is 2.51. The Morgan fingerprint density at radius 1 is 1.56 bits per heavy atom. The maximum atomic E-state index is 10.7. The summed E-state index contributed by atoms with van der Waals surface area (Å²) in [5, 5.41) is 9.28. The van der Waals surface area contributed by atoms with Crippen molar-refractivity contribution in [2.24, 2.45) is 5.92 Å². The Labute approximate surface area is 97.7 Å². The summed E-state index contributed by atoms with van der Waals surface area (Å²) in [4.78, 5) is 10.7. The number of carbonyl (C=O) groups is 1. The molecule has 16 heavy (non-hydrogen) atoms. The van der Waals surface area contributed by atoms with E-state index in [1.54, 1.807) is 19.1 Å². The van der Waals surface area contributed by atoms with Crippen LogP contribution in [0.2, 0.25) is 5.02 Å². The Kier molecular flexibility index (Phi) is 2.92. The van der Waals surface area contributed by atoms with Crippen LogP contribution in [-0.4, -0.2) is 17.9 Å². The normalized spacial score (nSPS) is 14.9. The molecule has 4 nitrogen and oxygen atoms in total. The van der Waals surface area contributed by atoms with E-state index < -0.39 is 11.9 Å². The number of hydrogen-bond acceptors (Lipinski definition) is 3. The smallest absolute Gasteiger partial charge is 0.306 e. The van der Waals surface area contributed by atoms with Crippen molar-refractivity contribution >= 4 is 17.6 Å². The fourth-order valence-corrected chi connectivity index (χ4v) is 1.84. The minimum Gasteiger partial charge on any atom is -0.481 e. The van der Waals surface area contributed by atoms with Crippen molar-refractivity contribution in [3.63, 3.8) is 0 Å². The Hall–Kier alpha value is -1.42. The average Bonchev–Trinajstić information content (AvgIpc) is 2.70. The number of fused-ring (bicyclic) bond motifs is 1. The summed E-state index contributed by atoms with van der Waals surface area (Å²) < 4.78 is 10.4. The summed E-state index contributed by atoms with van der Waals surface area (Å²) in [6, 6.07) is 3.52. The number of halogens is 1. The van der Waals surface area contributed by atoms with Gasteiger partial charge in [0.1, 0.15) is 0 Å². The third kappa shape index (κ3) is 1.93. The van der Waals surface area contributed by atoms with Gasteiger partial charge >= 0.3 is 5.97 Å². The van der Waals surface area contributed by atoms with Gasteiger partial charge in [0.2, 0.25) is 6.79 Å². The first-order valence-electron chi connectivity index (χ1n) is 4.89. The van der Waals surface area contributed by atoms with Crippen molar-refractivity contribution in [3.05, 3.63) is 22.7 Å². The van der Waals surface area contributed by atoms with E-state index in [1.165, 1.54) is 0 Å². The van der Waals surface area contributed by atoms with Gasteiger partial charge in [0.05, 0.1) is 10.9 Å². The van der Waals surface area contributed by atoms with E-state index in [4.69, 9.17) is 26.2 Å². The van der Waals surface area contributed by atoms with Gasteiger partial charge in [-0.15, -0.1) is 0 Å². The Morgan fingerprint density at radius 2 is 2.31 bits per heavy atom. The van der Waals surface area contributed by atoms with Crippen LogP contribution in [0.15, 0.2) is 12.1 Å². The van der Waals surface area contributed by atoms with Crippen molar-refractivity contribution in [1.82, 2.24) is 0 Å². The summed E-state index contributed by atoms with van der Waals surface area (Å²) in [6.07, 6.45) is 0.380. The van der Waals surface area contributed by atoms with Crippen LogP contribution < -0.4 is 9.47 Å². The maximum absolute atomic E-state index is 10.7. The summed E-state index contributed by atoms with van der Waals surface area (Å²) >= 11 is 6.11. The predicted octanol–water partition coefficient (Wildman–Crippen LogP) is 2.33. The molecule has 0 aromatic heterocycles. The number of aliphatic carboxylic acids is 1. The molecule has 1 aliphatic heterocycles. The average molecular weight is 243 g/mol. The zero-order valence-electron chi connectivity index (χ0n) is 8.70. The zero-order chi connectivity index (χ0) is 11.7. The minimum absolute atomic E-state index is 0.160. The van der Waals surface area contributed by atoms with Gasteiger partial charge in [0, 0.05) is 0 Å². The minimum atomic E-state index is -0.839. The van der Waals surface area contributed by atoms with E-state index in [2.05, 4.69) is 0 Å². The molecule has 1 aromatic carbocycles. The fraction of sp³-hybridized carbons (Fsp3) is 0.364. The van der Waals surface area contributed by atoms with Crippen LogP contribution in [0.4, 0.5) is 0 Å². The Morgan fingerprint density at radius 3 is 3.00 bits per heavy atom. The molecule has 1 aliphatic rings. The number of benzene rings is 1. The lowest BCUT2D eigenvalue weighted by Crippen LogP contribution is -2.12. The Bertz CT molecular complexity index is 430. The summed E-state index contributed by atoms with van der Waals surface area (Å²) in [5.74, 6) is -0.194. The van der Waals surface area contributed by atoms with E-state index in [0.29, 0.717) is 22.9 Å². The highest BCUT2D eigenvalue weighted by molar-refractivity contribution is 6.33. The molecule has 0 fully saturated rings.